The molecule has 0 radical (unpaired) electrons. The van der Waals surface area contributed by atoms with Gasteiger partial charge >= 0.3 is 0 Å². The molecule has 0 spiro atoms. The summed E-state index contributed by atoms with van der Waals surface area (Å²) >= 11 is 3.21. The number of hydrogen-bond acceptors (Lipinski definition) is 4. The second-order valence-corrected chi connectivity index (χ2v) is 8.54. The van der Waals surface area contributed by atoms with Gasteiger partial charge in [-0.1, -0.05) is 31.2 Å². The predicted molar refractivity (Wildman–Crippen MR) is 117 cm³/mol. The van der Waals surface area contributed by atoms with Gasteiger partial charge in [0.1, 0.15) is 5.75 Å². The van der Waals surface area contributed by atoms with E-state index in [0.717, 1.165) is 38.6 Å². The highest BCUT2D eigenvalue weighted by Crippen LogP contribution is 2.33. The Morgan fingerprint density at radius 1 is 1.11 bits per heavy atom. The van der Waals surface area contributed by atoms with E-state index in [1.54, 1.807) is 6.08 Å². The number of benzene rings is 2. The highest BCUT2D eigenvalue weighted by Gasteiger charge is 2.34. The summed E-state index contributed by atoms with van der Waals surface area (Å²) in [5, 5.41) is -0.235. The number of carbonyl (C=O) groups is 2. The van der Waals surface area contributed by atoms with Crippen molar-refractivity contribution in [3.05, 3.63) is 68.1 Å². The van der Waals surface area contributed by atoms with E-state index >= 15 is 0 Å². The molecule has 0 aromatic heterocycles. The van der Waals surface area contributed by atoms with E-state index in [4.69, 9.17) is 4.74 Å². The van der Waals surface area contributed by atoms with E-state index in [0.29, 0.717) is 11.4 Å². The van der Waals surface area contributed by atoms with E-state index in [1.165, 1.54) is 4.90 Å². The van der Waals surface area contributed by atoms with Gasteiger partial charge in [-0.25, -0.2) is 0 Å². The maximum Gasteiger partial charge on any atom is 0.293 e. The Morgan fingerprint density at radius 3 is 2.41 bits per heavy atom. The molecule has 0 bridgehead atoms. The first-order valence-corrected chi connectivity index (χ1v) is 10.6. The summed E-state index contributed by atoms with van der Waals surface area (Å²) in [5.74, 6) is 0.553. The molecule has 27 heavy (non-hydrogen) atoms. The van der Waals surface area contributed by atoms with Crippen molar-refractivity contribution >= 4 is 51.6 Å². The molecular weight excluding hydrogens is 473 g/mol. The van der Waals surface area contributed by atoms with Crippen molar-refractivity contribution in [3.8, 4) is 5.75 Å². The average Bonchev–Trinajstić information content (AvgIpc) is 2.92. The monoisotopic (exact) mass is 493 g/mol. The van der Waals surface area contributed by atoms with Gasteiger partial charge in [0, 0.05) is 3.57 Å². The van der Waals surface area contributed by atoms with Crippen LogP contribution in [0, 0.1) is 3.57 Å². The lowest BCUT2D eigenvalue weighted by molar-refractivity contribution is -0.123. The average molecular weight is 493 g/mol. The maximum atomic E-state index is 12.6. The van der Waals surface area contributed by atoms with Crippen molar-refractivity contribution in [2.24, 2.45) is 0 Å². The summed E-state index contributed by atoms with van der Waals surface area (Å²) in [6.07, 6.45) is 2.86. The van der Waals surface area contributed by atoms with E-state index in [1.807, 2.05) is 55.5 Å². The van der Waals surface area contributed by atoms with Crippen LogP contribution in [0.5, 0.6) is 5.75 Å². The largest absolute Gasteiger partial charge is 0.491 e. The number of hydrogen-bond donors (Lipinski definition) is 0. The SMILES string of the molecule is CC[C@H](C)Oc1ccc(/C=C2\SC(=O)N(Cc3ccc(I)cc3)C2=O)cc1. The Hall–Kier alpha value is -1.80. The summed E-state index contributed by atoms with van der Waals surface area (Å²) < 4.78 is 6.88. The highest BCUT2D eigenvalue weighted by molar-refractivity contribution is 14.1. The van der Waals surface area contributed by atoms with Crippen molar-refractivity contribution in [3.63, 3.8) is 0 Å². The van der Waals surface area contributed by atoms with Crippen LogP contribution in [0.1, 0.15) is 31.4 Å². The van der Waals surface area contributed by atoms with Crippen LogP contribution in [-0.4, -0.2) is 22.2 Å². The first kappa shape index (κ1) is 19.9. The Bertz CT molecular complexity index is 862. The molecule has 6 heteroatoms. The predicted octanol–water partition coefficient (Wildman–Crippen LogP) is 5.71. The fourth-order valence-corrected chi connectivity index (χ4v) is 3.72. The van der Waals surface area contributed by atoms with Crippen molar-refractivity contribution in [2.45, 2.75) is 32.9 Å². The molecule has 1 aliphatic heterocycles. The number of rotatable bonds is 6. The Labute approximate surface area is 177 Å². The molecular formula is C21H20INO3S. The first-order valence-electron chi connectivity index (χ1n) is 8.73. The molecule has 1 heterocycles. The van der Waals surface area contributed by atoms with E-state index in [9.17, 15) is 9.59 Å². The molecule has 0 N–H and O–H groups in total. The molecule has 0 saturated carbocycles. The smallest absolute Gasteiger partial charge is 0.293 e. The van der Waals surface area contributed by atoms with Crippen LogP contribution in [-0.2, 0) is 11.3 Å². The second-order valence-electron chi connectivity index (χ2n) is 6.30. The van der Waals surface area contributed by atoms with Gasteiger partial charge in [0.25, 0.3) is 11.1 Å². The van der Waals surface area contributed by atoms with Gasteiger partial charge in [-0.3, -0.25) is 14.5 Å². The Kier molecular flexibility index (Phi) is 6.59. The molecule has 1 saturated heterocycles. The minimum absolute atomic E-state index is 0.161. The maximum absolute atomic E-state index is 12.6. The zero-order valence-corrected chi connectivity index (χ0v) is 18.1. The fraction of sp³-hybridized carbons (Fsp3) is 0.238. The lowest BCUT2D eigenvalue weighted by Gasteiger charge is -2.12. The van der Waals surface area contributed by atoms with Crippen molar-refractivity contribution in [1.29, 1.82) is 0 Å². The second kappa shape index (κ2) is 8.93. The normalized spacial score (nSPS) is 16.9. The third-order valence-electron chi connectivity index (χ3n) is 4.22. The zero-order chi connectivity index (χ0) is 19.4. The molecule has 1 aliphatic rings. The van der Waals surface area contributed by atoms with Gasteiger partial charge in [0.2, 0.25) is 0 Å². The Balaban J connectivity index is 1.71. The minimum atomic E-state index is -0.247. The van der Waals surface area contributed by atoms with Crippen LogP contribution in [0.3, 0.4) is 0 Å². The number of imide groups is 1. The van der Waals surface area contributed by atoms with Crippen LogP contribution in [0.15, 0.2) is 53.4 Å². The van der Waals surface area contributed by atoms with Crippen LogP contribution < -0.4 is 4.74 Å². The van der Waals surface area contributed by atoms with Gasteiger partial charge in [0.15, 0.2) is 0 Å². The van der Waals surface area contributed by atoms with E-state index < -0.39 is 0 Å². The van der Waals surface area contributed by atoms with E-state index in [-0.39, 0.29) is 17.3 Å². The summed E-state index contributed by atoms with van der Waals surface area (Å²) in [5.41, 5.74) is 1.80. The van der Waals surface area contributed by atoms with Crippen LogP contribution >= 0.6 is 34.4 Å². The third-order valence-corrected chi connectivity index (χ3v) is 5.84. The fourth-order valence-electron chi connectivity index (χ4n) is 2.52. The lowest BCUT2D eigenvalue weighted by Crippen LogP contribution is -2.27. The third kappa shape index (κ3) is 5.13. The molecule has 1 fully saturated rings. The highest BCUT2D eigenvalue weighted by atomic mass is 127. The van der Waals surface area contributed by atoms with Crippen molar-refractivity contribution in [2.75, 3.05) is 0 Å². The molecule has 140 valence electrons. The lowest BCUT2D eigenvalue weighted by atomic mass is 10.2. The Morgan fingerprint density at radius 2 is 1.78 bits per heavy atom. The van der Waals surface area contributed by atoms with Crippen molar-refractivity contribution in [1.82, 2.24) is 4.90 Å². The zero-order valence-electron chi connectivity index (χ0n) is 15.1. The number of thioether (sulfide) groups is 1. The molecule has 4 nitrogen and oxygen atoms in total. The van der Waals surface area contributed by atoms with Crippen molar-refractivity contribution < 1.29 is 14.3 Å². The molecule has 3 rings (SSSR count). The molecule has 2 amide bonds. The standard InChI is InChI=1S/C21H20INO3S/c1-3-14(2)26-18-10-6-15(7-11-18)12-19-20(24)23(21(25)27-19)13-16-4-8-17(22)9-5-16/h4-12,14H,3,13H2,1-2H3/b19-12-/t14-/m0/s1. The topological polar surface area (TPSA) is 46.6 Å². The number of halogens is 1. The summed E-state index contributed by atoms with van der Waals surface area (Å²) in [4.78, 5) is 26.6. The number of amides is 2. The molecule has 2 aromatic rings. The first-order chi connectivity index (χ1) is 13.0. The van der Waals surface area contributed by atoms with Crippen LogP contribution in [0.4, 0.5) is 4.79 Å². The van der Waals surface area contributed by atoms with Gasteiger partial charge in [0.05, 0.1) is 17.6 Å². The molecule has 0 unspecified atom stereocenters. The van der Waals surface area contributed by atoms with Gasteiger partial charge in [-0.2, -0.15) is 0 Å². The number of nitrogens with zero attached hydrogens (tertiary/aromatic N) is 1. The van der Waals surface area contributed by atoms with Gasteiger partial charge < -0.3 is 4.74 Å². The van der Waals surface area contributed by atoms with E-state index in [2.05, 4.69) is 29.5 Å². The summed E-state index contributed by atoms with van der Waals surface area (Å²) in [7, 11) is 0. The number of ether oxygens (including phenoxy) is 1. The summed E-state index contributed by atoms with van der Waals surface area (Å²) in [6, 6.07) is 15.4. The molecule has 0 aliphatic carbocycles. The molecule has 2 aromatic carbocycles. The van der Waals surface area contributed by atoms with Crippen LogP contribution in [0.2, 0.25) is 0 Å². The quantitative estimate of drug-likeness (QED) is 0.383. The molecule has 1 atom stereocenters. The van der Waals surface area contributed by atoms with Gasteiger partial charge in [-0.05, 0) is 89.2 Å². The minimum Gasteiger partial charge on any atom is -0.491 e. The van der Waals surface area contributed by atoms with Gasteiger partial charge in [-0.15, -0.1) is 0 Å². The van der Waals surface area contributed by atoms with Crippen LogP contribution in [0.25, 0.3) is 6.08 Å². The summed E-state index contributed by atoms with van der Waals surface area (Å²) in [6.45, 7) is 4.39. The number of carbonyl (C=O) groups excluding carboxylic acids is 2.